The van der Waals surface area contributed by atoms with E-state index in [0.717, 1.165) is 10.0 Å². The summed E-state index contributed by atoms with van der Waals surface area (Å²) in [6.07, 6.45) is 2.04. The summed E-state index contributed by atoms with van der Waals surface area (Å²) in [6, 6.07) is 13.5. The van der Waals surface area contributed by atoms with Crippen molar-refractivity contribution in [1.82, 2.24) is 4.90 Å². The van der Waals surface area contributed by atoms with Crippen molar-refractivity contribution in [2.75, 3.05) is 19.0 Å². The first kappa shape index (κ1) is 15.9. The Hall–Kier alpha value is -1.46. The highest BCUT2D eigenvalue weighted by molar-refractivity contribution is 9.10. The standard InChI is InChI=1S/C16H17BrN2OS/c1-19(10-11-3-6-13(21-2)7-4-11)16(20)14-9-12(18)5-8-15(14)17/h3-9H,10,18H2,1-2H3. The second-order valence-corrected chi connectivity index (χ2v) is 6.48. The molecule has 2 aromatic rings. The molecule has 0 aliphatic rings. The molecule has 0 saturated carbocycles. The van der Waals surface area contributed by atoms with Crippen molar-refractivity contribution in [2.24, 2.45) is 0 Å². The van der Waals surface area contributed by atoms with Crippen molar-refractivity contribution in [3.05, 3.63) is 58.1 Å². The number of nitrogen functional groups attached to an aromatic ring is 1. The molecule has 110 valence electrons. The largest absolute Gasteiger partial charge is 0.399 e. The first-order valence-corrected chi connectivity index (χ1v) is 8.46. The van der Waals surface area contributed by atoms with Crippen LogP contribution >= 0.6 is 27.7 Å². The van der Waals surface area contributed by atoms with Gasteiger partial charge in [0.15, 0.2) is 0 Å². The summed E-state index contributed by atoms with van der Waals surface area (Å²) in [4.78, 5) is 15.4. The maximum Gasteiger partial charge on any atom is 0.255 e. The number of halogens is 1. The molecule has 0 radical (unpaired) electrons. The minimum absolute atomic E-state index is 0.0527. The summed E-state index contributed by atoms with van der Waals surface area (Å²) in [5.41, 5.74) is 8.02. The average molecular weight is 365 g/mol. The number of benzene rings is 2. The number of hydrogen-bond acceptors (Lipinski definition) is 3. The van der Waals surface area contributed by atoms with Crippen molar-refractivity contribution in [1.29, 1.82) is 0 Å². The van der Waals surface area contributed by atoms with Crippen LogP contribution < -0.4 is 5.73 Å². The fourth-order valence-corrected chi connectivity index (χ4v) is 2.81. The van der Waals surface area contributed by atoms with Gasteiger partial charge in [-0.15, -0.1) is 11.8 Å². The van der Waals surface area contributed by atoms with Gasteiger partial charge in [-0.05, 0) is 58.1 Å². The van der Waals surface area contributed by atoms with Gasteiger partial charge in [0.2, 0.25) is 0 Å². The molecule has 0 bridgehead atoms. The molecule has 3 nitrogen and oxygen atoms in total. The third kappa shape index (κ3) is 4.02. The molecule has 0 unspecified atom stereocenters. The fourth-order valence-electron chi connectivity index (χ4n) is 1.99. The summed E-state index contributed by atoms with van der Waals surface area (Å²) < 4.78 is 0.756. The van der Waals surface area contributed by atoms with Crippen LogP contribution in [0.4, 0.5) is 5.69 Å². The van der Waals surface area contributed by atoms with Gasteiger partial charge in [-0.25, -0.2) is 0 Å². The number of carbonyl (C=O) groups excluding carboxylic acids is 1. The van der Waals surface area contributed by atoms with Crippen molar-refractivity contribution in [2.45, 2.75) is 11.4 Å². The van der Waals surface area contributed by atoms with E-state index in [4.69, 9.17) is 5.73 Å². The molecule has 0 saturated heterocycles. The monoisotopic (exact) mass is 364 g/mol. The smallest absolute Gasteiger partial charge is 0.255 e. The molecule has 0 aliphatic heterocycles. The number of thioether (sulfide) groups is 1. The van der Waals surface area contributed by atoms with E-state index in [0.29, 0.717) is 17.8 Å². The summed E-state index contributed by atoms with van der Waals surface area (Å²) in [5.74, 6) is -0.0527. The van der Waals surface area contributed by atoms with E-state index in [-0.39, 0.29) is 5.91 Å². The lowest BCUT2D eigenvalue weighted by molar-refractivity contribution is 0.0784. The minimum Gasteiger partial charge on any atom is -0.399 e. The Balaban J connectivity index is 2.13. The highest BCUT2D eigenvalue weighted by atomic mass is 79.9. The lowest BCUT2D eigenvalue weighted by Crippen LogP contribution is -2.26. The molecule has 1 amide bonds. The van der Waals surface area contributed by atoms with Crippen molar-refractivity contribution >= 4 is 39.3 Å². The summed E-state index contributed by atoms with van der Waals surface area (Å²) >= 11 is 5.10. The van der Waals surface area contributed by atoms with Crippen LogP contribution in [0.25, 0.3) is 0 Å². The van der Waals surface area contributed by atoms with Crippen molar-refractivity contribution in [3.8, 4) is 0 Å². The number of carbonyl (C=O) groups is 1. The lowest BCUT2D eigenvalue weighted by atomic mass is 10.1. The number of amides is 1. The van der Waals surface area contributed by atoms with E-state index in [2.05, 4.69) is 28.1 Å². The van der Waals surface area contributed by atoms with Crippen molar-refractivity contribution in [3.63, 3.8) is 0 Å². The van der Waals surface area contributed by atoms with E-state index in [1.807, 2.05) is 18.4 Å². The number of nitrogens with zero attached hydrogens (tertiary/aromatic N) is 1. The predicted molar refractivity (Wildman–Crippen MR) is 92.6 cm³/mol. The Bertz CT molecular complexity index is 643. The van der Waals surface area contributed by atoms with E-state index >= 15 is 0 Å². The van der Waals surface area contributed by atoms with Gasteiger partial charge < -0.3 is 10.6 Å². The zero-order chi connectivity index (χ0) is 15.4. The van der Waals surface area contributed by atoms with Crippen LogP contribution in [-0.4, -0.2) is 24.1 Å². The average Bonchev–Trinajstić information content (AvgIpc) is 2.49. The van der Waals surface area contributed by atoms with Gasteiger partial charge in [-0.1, -0.05) is 12.1 Å². The Labute approximate surface area is 137 Å². The molecule has 2 aromatic carbocycles. The molecule has 0 fully saturated rings. The van der Waals surface area contributed by atoms with Gasteiger partial charge in [-0.2, -0.15) is 0 Å². The summed E-state index contributed by atoms with van der Waals surface area (Å²) in [5, 5.41) is 0. The van der Waals surface area contributed by atoms with E-state index in [1.165, 1.54) is 4.90 Å². The Morgan fingerprint density at radius 3 is 2.52 bits per heavy atom. The quantitative estimate of drug-likeness (QED) is 0.658. The molecular formula is C16H17BrN2OS. The van der Waals surface area contributed by atoms with Crippen LogP contribution in [0.5, 0.6) is 0 Å². The molecule has 0 aromatic heterocycles. The number of rotatable bonds is 4. The molecular weight excluding hydrogens is 348 g/mol. The van der Waals surface area contributed by atoms with E-state index < -0.39 is 0 Å². The van der Waals surface area contributed by atoms with Crippen LogP contribution in [-0.2, 0) is 6.54 Å². The van der Waals surface area contributed by atoms with E-state index in [1.54, 1.807) is 41.9 Å². The normalized spacial score (nSPS) is 10.4. The van der Waals surface area contributed by atoms with Crippen LogP contribution in [0.3, 0.4) is 0 Å². The van der Waals surface area contributed by atoms with Crippen LogP contribution in [0, 0.1) is 0 Å². The molecule has 21 heavy (non-hydrogen) atoms. The van der Waals surface area contributed by atoms with E-state index in [9.17, 15) is 4.79 Å². The third-order valence-corrected chi connectivity index (χ3v) is 4.58. The third-order valence-electron chi connectivity index (χ3n) is 3.15. The first-order valence-electron chi connectivity index (χ1n) is 6.44. The Morgan fingerprint density at radius 1 is 1.24 bits per heavy atom. The highest BCUT2D eigenvalue weighted by Crippen LogP contribution is 2.22. The topological polar surface area (TPSA) is 46.3 Å². The molecule has 2 N–H and O–H groups in total. The van der Waals surface area contributed by atoms with Gasteiger partial charge in [0, 0.05) is 28.6 Å². The van der Waals surface area contributed by atoms with Gasteiger partial charge in [0.25, 0.3) is 5.91 Å². The number of anilines is 1. The van der Waals surface area contributed by atoms with Crippen LogP contribution in [0.2, 0.25) is 0 Å². The molecule has 2 rings (SSSR count). The second kappa shape index (κ2) is 7.00. The summed E-state index contributed by atoms with van der Waals surface area (Å²) in [7, 11) is 1.79. The minimum atomic E-state index is -0.0527. The SMILES string of the molecule is CSc1ccc(CN(C)C(=O)c2cc(N)ccc2Br)cc1. The second-order valence-electron chi connectivity index (χ2n) is 4.75. The molecule has 0 heterocycles. The molecule has 0 aliphatic carbocycles. The maximum atomic E-state index is 12.5. The predicted octanol–water partition coefficient (Wildman–Crippen LogP) is 4.03. The number of nitrogens with two attached hydrogens (primary N) is 1. The van der Waals surface area contributed by atoms with Gasteiger partial charge in [0.05, 0.1) is 5.56 Å². The summed E-state index contributed by atoms with van der Waals surface area (Å²) in [6.45, 7) is 0.564. The van der Waals surface area contributed by atoms with Gasteiger partial charge in [-0.3, -0.25) is 4.79 Å². The molecule has 5 heteroatoms. The fraction of sp³-hybridized carbons (Fsp3) is 0.188. The van der Waals surface area contributed by atoms with Crippen LogP contribution in [0.1, 0.15) is 15.9 Å². The molecule has 0 spiro atoms. The highest BCUT2D eigenvalue weighted by Gasteiger charge is 2.15. The van der Waals surface area contributed by atoms with Gasteiger partial charge >= 0.3 is 0 Å². The number of hydrogen-bond donors (Lipinski definition) is 1. The zero-order valence-electron chi connectivity index (χ0n) is 12.0. The zero-order valence-corrected chi connectivity index (χ0v) is 14.4. The Kier molecular flexibility index (Phi) is 5.31. The lowest BCUT2D eigenvalue weighted by Gasteiger charge is -2.18. The molecule has 0 atom stereocenters. The maximum absolute atomic E-state index is 12.5. The van der Waals surface area contributed by atoms with Crippen LogP contribution in [0.15, 0.2) is 51.8 Å². The Morgan fingerprint density at radius 2 is 1.90 bits per heavy atom. The van der Waals surface area contributed by atoms with Gasteiger partial charge in [0.1, 0.15) is 0 Å². The van der Waals surface area contributed by atoms with Crippen molar-refractivity contribution < 1.29 is 4.79 Å². The first-order chi connectivity index (χ1) is 10.0.